The highest BCUT2D eigenvalue weighted by Gasteiger charge is 2.29. The SMILES string of the molecule is CC1CCN(S(=O)(=O)c2ccc(Cl)c(C(=O)Nc3ccccc3C(=O)NC(C)(C)C)c2)CC1. The summed E-state index contributed by atoms with van der Waals surface area (Å²) in [6.07, 6.45) is 1.60. The maximum Gasteiger partial charge on any atom is 0.257 e. The number of carbonyl (C=O) groups is 2. The van der Waals surface area contributed by atoms with Crippen LogP contribution in [0.3, 0.4) is 0 Å². The molecule has 0 bridgehead atoms. The Morgan fingerprint density at radius 1 is 1.00 bits per heavy atom. The van der Waals surface area contributed by atoms with Crippen molar-refractivity contribution in [2.45, 2.75) is 51.0 Å². The lowest BCUT2D eigenvalue weighted by atomic mass is 10.0. The number of nitrogens with one attached hydrogen (secondary N) is 2. The quantitative estimate of drug-likeness (QED) is 0.641. The Kier molecular flexibility index (Phi) is 7.51. The molecule has 0 aliphatic carbocycles. The summed E-state index contributed by atoms with van der Waals surface area (Å²) in [6.45, 7) is 8.59. The van der Waals surface area contributed by atoms with Gasteiger partial charge < -0.3 is 10.6 Å². The van der Waals surface area contributed by atoms with Gasteiger partial charge in [-0.05, 0) is 69.9 Å². The molecule has 1 fully saturated rings. The number of amides is 2. The maximum atomic E-state index is 13.1. The summed E-state index contributed by atoms with van der Waals surface area (Å²) in [5.74, 6) is -0.445. The van der Waals surface area contributed by atoms with Crippen molar-refractivity contribution in [1.29, 1.82) is 0 Å². The van der Waals surface area contributed by atoms with Gasteiger partial charge in [0.15, 0.2) is 0 Å². The van der Waals surface area contributed by atoms with Gasteiger partial charge in [0.1, 0.15) is 0 Å². The first-order valence-electron chi connectivity index (χ1n) is 10.9. The molecule has 0 spiro atoms. The van der Waals surface area contributed by atoms with E-state index in [4.69, 9.17) is 11.6 Å². The molecule has 0 unspecified atom stereocenters. The van der Waals surface area contributed by atoms with Crippen molar-refractivity contribution in [3.63, 3.8) is 0 Å². The number of para-hydroxylation sites is 1. The summed E-state index contributed by atoms with van der Waals surface area (Å²) < 4.78 is 27.7. The van der Waals surface area contributed by atoms with Gasteiger partial charge >= 0.3 is 0 Å². The normalized spacial score (nSPS) is 15.8. The largest absolute Gasteiger partial charge is 0.347 e. The van der Waals surface area contributed by atoms with Gasteiger partial charge in [-0.25, -0.2) is 8.42 Å². The molecule has 0 radical (unpaired) electrons. The van der Waals surface area contributed by atoms with E-state index in [1.54, 1.807) is 24.3 Å². The molecule has 178 valence electrons. The molecule has 7 nitrogen and oxygen atoms in total. The van der Waals surface area contributed by atoms with Crippen molar-refractivity contribution in [2.24, 2.45) is 5.92 Å². The molecule has 33 heavy (non-hydrogen) atoms. The standard InChI is InChI=1S/C24H30ClN3O4S/c1-16-11-13-28(14-12-16)33(31,32)17-9-10-20(25)19(15-17)22(29)26-21-8-6-5-7-18(21)23(30)27-24(2,3)4/h5-10,15-16H,11-14H2,1-4H3,(H,26,29)(H,27,30). The van der Waals surface area contributed by atoms with Crippen LogP contribution in [-0.4, -0.2) is 43.2 Å². The topological polar surface area (TPSA) is 95.6 Å². The van der Waals surface area contributed by atoms with E-state index < -0.39 is 21.5 Å². The lowest BCUT2D eigenvalue weighted by Crippen LogP contribution is -2.40. The summed E-state index contributed by atoms with van der Waals surface area (Å²) >= 11 is 6.25. The molecule has 0 aromatic heterocycles. The highest BCUT2D eigenvalue weighted by atomic mass is 35.5. The van der Waals surface area contributed by atoms with E-state index in [1.165, 1.54) is 22.5 Å². The zero-order chi connectivity index (χ0) is 24.4. The molecule has 2 N–H and O–H groups in total. The van der Waals surface area contributed by atoms with Crippen LogP contribution in [0.15, 0.2) is 47.4 Å². The molecule has 2 aromatic rings. The zero-order valence-electron chi connectivity index (χ0n) is 19.3. The van der Waals surface area contributed by atoms with E-state index in [0.717, 1.165) is 12.8 Å². The van der Waals surface area contributed by atoms with Crippen LogP contribution in [0.1, 0.15) is 61.3 Å². The van der Waals surface area contributed by atoms with Crippen molar-refractivity contribution in [2.75, 3.05) is 18.4 Å². The average Bonchev–Trinajstić information content (AvgIpc) is 2.73. The second kappa shape index (κ2) is 9.83. The molecule has 1 aliphatic rings. The summed E-state index contributed by atoms with van der Waals surface area (Å²) in [5, 5.41) is 5.69. The number of halogens is 1. The summed E-state index contributed by atoms with van der Waals surface area (Å²) in [5.41, 5.74) is 0.169. The number of hydrogen-bond acceptors (Lipinski definition) is 4. The fourth-order valence-corrected chi connectivity index (χ4v) is 5.30. The maximum absolute atomic E-state index is 13.1. The third-order valence-corrected chi connectivity index (χ3v) is 7.70. The van der Waals surface area contributed by atoms with Crippen LogP contribution in [0, 0.1) is 5.92 Å². The number of hydrogen-bond donors (Lipinski definition) is 2. The second-order valence-corrected chi connectivity index (χ2v) is 11.8. The van der Waals surface area contributed by atoms with Crippen LogP contribution in [0.25, 0.3) is 0 Å². The number of benzene rings is 2. The van der Waals surface area contributed by atoms with E-state index in [9.17, 15) is 18.0 Å². The lowest BCUT2D eigenvalue weighted by molar-refractivity contribution is 0.0920. The number of rotatable bonds is 5. The predicted octanol–water partition coefficient (Wildman–Crippen LogP) is 4.54. The van der Waals surface area contributed by atoms with E-state index >= 15 is 0 Å². The first kappa shape index (κ1) is 25.2. The Hall–Kier alpha value is -2.42. The lowest BCUT2D eigenvalue weighted by Gasteiger charge is -2.29. The van der Waals surface area contributed by atoms with E-state index in [1.807, 2.05) is 20.8 Å². The van der Waals surface area contributed by atoms with Crippen LogP contribution in [0.5, 0.6) is 0 Å². The first-order valence-corrected chi connectivity index (χ1v) is 12.7. The van der Waals surface area contributed by atoms with Gasteiger partial charge in [0.25, 0.3) is 11.8 Å². The van der Waals surface area contributed by atoms with Crippen molar-refractivity contribution in [3.8, 4) is 0 Å². The molecular formula is C24H30ClN3O4S. The van der Waals surface area contributed by atoms with E-state index in [2.05, 4.69) is 17.6 Å². The summed E-state index contributed by atoms with van der Waals surface area (Å²) in [7, 11) is -3.74. The third-order valence-electron chi connectivity index (χ3n) is 5.47. The second-order valence-electron chi connectivity index (χ2n) is 9.43. The van der Waals surface area contributed by atoms with Gasteiger partial charge in [0.05, 0.1) is 26.7 Å². The monoisotopic (exact) mass is 491 g/mol. The summed E-state index contributed by atoms with van der Waals surface area (Å²) in [4.78, 5) is 25.8. The molecule has 1 saturated heterocycles. The minimum atomic E-state index is -3.74. The van der Waals surface area contributed by atoms with Gasteiger partial charge in [-0.15, -0.1) is 0 Å². The third kappa shape index (κ3) is 6.13. The number of anilines is 1. The molecule has 1 aliphatic heterocycles. The number of sulfonamides is 1. The van der Waals surface area contributed by atoms with E-state index in [-0.39, 0.29) is 21.4 Å². The molecule has 3 rings (SSSR count). The Morgan fingerprint density at radius 3 is 2.27 bits per heavy atom. The van der Waals surface area contributed by atoms with Crippen molar-refractivity contribution >= 4 is 39.1 Å². The van der Waals surface area contributed by atoms with Gasteiger partial charge in [-0.3, -0.25) is 9.59 Å². The smallest absolute Gasteiger partial charge is 0.257 e. The van der Waals surface area contributed by atoms with Crippen LogP contribution >= 0.6 is 11.6 Å². The number of piperidine rings is 1. The van der Waals surface area contributed by atoms with Crippen LogP contribution in [0.4, 0.5) is 5.69 Å². The predicted molar refractivity (Wildman–Crippen MR) is 130 cm³/mol. The van der Waals surface area contributed by atoms with Gasteiger partial charge in [0.2, 0.25) is 10.0 Å². The fraction of sp³-hybridized carbons (Fsp3) is 0.417. The Bertz CT molecular complexity index is 1150. The van der Waals surface area contributed by atoms with Gasteiger partial charge in [-0.2, -0.15) is 4.31 Å². The first-order chi connectivity index (χ1) is 15.4. The molecule has 2 amide bonds. The van der Waals surface area contributed by atoms with Crippen LogP contribution in [-0.2, 0) is 10.0 Å². The minimum absolute atomic E-state index is 0.0189. The summed E-state index contributed by atoms with van der Waals surface area (Å²) in [6, 6.07) is 10.7. The highest BCUT2D eigenvalue weighted by molar-refractivity contribution is 7.89. The van der Waals surface area contributed by atoms with Crippen molar-refractivity contribution < 1.29 is 18.0 Å². The van der Waals surface area contributed by atoms with Gasteiger partial charge in [0, 0.05) is 18.6 Å². The molecule has 9 heteroatoms. The van der Waals surface area contributed by atoms with Crippen LogP contribution in [0.2, 0.25) is 5.02 Å². The Morgan fingerprint density at radius 2 is 1.64 bits per heavy atom. The molecular weight excluding hydrogens is 462 g/mol. The van der Waals surface area contributed by atoms with Crippen molar-refractivity contribution in [3.05, 3.63) is 58.6 Å². The number of nitrogens with zero attached hydrogens (tertiary/aromatic N) is 1. The molecule has 2 aromatic carbocycles. The minimum Gasteiger partial charge on any atom is -0.347 e. The van der Waals surface area contributed by atoms with Gasteiger partial charge in [-0.1, -0.05) is 30.7 Å². The van der Waals surface area contributed by atoms with Crippen molar-refractivity contribution in [1.82, 2.24) is 9.62 Å². The Labute approximate surface area is 200 Å². The van der Waals surface area contributed by atoms with E-state index in [0.29, 0.717) is 30.3 Å². The number of carbonyl (C=O) groups excluding carboxylic acids is 2. The molecule has 0 saturated carbocycles. The highest BCUT2D eigenvalue weighted by Crippen LogP contribution is 2.27. The fourth-order valence-electron chi connectivity index (χ4n) is 3.60. The van der Waals surface area contributed by atoms with Crippen LogP contribution < -0.4 is 10.6 Å². The molecule has 0 atom stereocenters. The average molecular weight is 492 g/mol. The molecule has 1 heterocycles. The zero-order valence-corrected chi connectivity index (χ0v) is 20.9. The Balaban J connectivity index is 1.87.